The van der Waals surface area contributed by atoms with E-state index in [0.29, 0.717) is 0 Å². The van der Waals surface area contributed by atoms with E-state index in [1.807, 2.05) is 0 Å². The molecule has 2 rings (SSSR count). The lowest BCUT2D eigenvalue weighted by Crippen LogP contribution is -2.51. The van der Waals surface area contributed by atoms with Crippen molar-refractivity contribution >= 4 is 0 Å². The zero-order valence-corrected chi connectivity index (χ0v) is 8.41. The van der Waals surface area contributed by atoms with Crippen LogP contribution in [0.1, 0.15) is 11.7 Å². The van der Waals surface area contributed by atoms with Gasteiger partial charge in [0.2, 0.25) is 0 Å². The highest BCUT2D eigenvalue weighted by atomic mass is 19.1. The Hall–Kier alpha value is -0.970. The Labute approximate surface area is 88.3 Å². The number of nitrogens with one attached hydrogen (secondary N) is 2. The van der Waals surface area contributed by atoms with Crippen LogP contribution in [0.3, 0.4) is 0 Å². The molecule has 0 aromatic heterocycles. The fraction of sp³-hybridized carbons (Fsp3) is 0.455. The number of aliphatic hydroxyl groups is 1. The van der Waals surface area contributed by atoms with Gasteiger partial charge in [0, 0.05) is 25.7 Å². The largest absolute Gasteiger partial charge is 0.387 e. The maximum atomic E-state index is 12.7. The van der Waals surface area contributed by atoms with E-state index in [0.717, 1.165) is 25.2 Å². The Morgan fingerprint density at radius 1 is 1.27 bits per heavy atom. The van der Waals surface area contributed by atoms with E-state index >= 15 is 0 Å². The van der Waals surface area contributed by atoms with Crippen molar-refractivity contribution in [3.63, 3.8) is 0 Å². The lowest BCUT2D eigenvalue weighted by Gasteiger charge is -2.28. The van der Waals surface area contributed by atoms with Crippen LogP contribution in [0.25, 0.3) is 0 Å². The van der Waals surface area contributed by atoms with E-state index < -0.39 is 6.10 Å². The second kappa shape index (κ2) is 4.70. The molecular weight excluding hydrogens is 195 g/mol. The molecule has 1 heterocycles. The number of hydrogen-bond donors (Lipinski definition) is 3. The van der Waals surface area contributed by atoms with Gasteiger partial charge in [-0.1, -0.05) is 12.1 Å². The highest BCUT2D eigenvalue weighted by Crippen LogP contribution is 2.17. The predicted octanol–water partition coefficient (Wildman–Crippen LogP) is 0.420. The van der Waals surface area contributed by atoms with Gasteiger partial charge in [-0.2, -0.15) is 0 Å². The standard InChI is InChI=1S/C11H15FN2O/c12-9-3-1-8(2-4-9)11(15)10-7-13-5-6-14-10/h1-4,10-11,13-15H,5-7H2/t10?,11-/m1/s1. The molecule has 15 heavy (non-hydrogen) atoms. The van der Waals surface area contributed by atoms with Gasteiger partial charge in [-0.3, -0.25) is 0 Å². The van der Waals surface area contributed by atoms with Crippen LogP contribution in [0.15, 0.2) is 24.3 Å². The minimum Gasteiger partial charge on any atom is -0.387 e. The van der Waals surface area contributed by atoms with E-state index in [4.69, 9.17) is 0 Å². The highest BCUT2D eigenvalue weighted by Gasteiger charge is 2.22. The predicted molar refractivity (Wildman–Crippen MR) is 56.0 cm³/mol. The first-order valence-corrected chi connectivity index (χ1v) is 5.15. The van der Waals surface area contributed by atoms with Gasteiger partial charge in [0.25, 0.3) is 0 Å². The molecule has 1 aliphatic heterocycles. The van der Waals surface area contributed by atoms with Gasteiger partial charge in [0.05, 0.1) is 6.10 Å². The molecule has 1 aromatic rings. The first-order chi connectivity index (χ1) is 7.27. The van der Waals surface area contributed by atoms with Crippen molar-refractivity contribution in [2.75, 3.05) is 19.6 Å². The van der Waals surface area contributed by atoms with Gasteiger partial charge in [0.1, 0.15) is 5.82 Å². The summed E-state index contributed by atoms with van der Waals surface area (Å²) in [6.45, 7) is 2.51. The lowest BCUT2D eigenvalue weighted by molar-refractivity contribution is 0.120. The Kier molecular flexibility index (Phi) is 3.30. The van der Waals surface area contributed by atoms with E-state index in [9.17, 15) is 9.50 Å². The topological polar surface area (TPSA) is 44.3 Å². The van der Waals surface area contributed by atoms with E-state index in [2.05, 4.69) is 10.6 Å². The van der Waals surface area contributed by atoms with Crippen LogP contribution in [0.5, 0.6) is 0 Å². The summed E-state index contributed by atoms with van der Waals surface area (Å²) in [7, 11) is 0. The normalized spacial score (nSPS) is 23.7. The van der Waals surface area contributed by atoms with Gasteiger partial charge in [-0.25, -0.2) is 4.39 Å². The number of rotatable bonds is 2. The molecule has 3 nitrogen and oxygen atoms in total. The van der Waals surface area contributed by atoms with Crippen molar-refractivity contribution in [2.24, 2.45) is 0 Å². The lowest BCUT2D eigenvalue weighted by atomic mass is 10.0. The highest BCUT2D eigenvalue weighted by molar-refractivity contribution is 5.20. The Morgan fingerprint density at radius 3 is 2.60 bits per heavy atom. The van der Waals surface area contributed by atoms with Crippen LogP contribution in [-0.4, -0.2) is 30.8 Å². The summed E-state index contributed by atoms with van der Waals surface area (Å²) in [5.41, 5.74) is 0.748. The monoisotopic (exact) mass is 210 g/mol. The molecule has 4 heteroatoms. The number of hydrogen-bond acceptors (Lipinski definition) is 3. The summed E-state index contributed by atoms with van der Waals surface area (Å²) in [6, 6.07) is 5.99. The van der Waals surface area contributed by atoms with Crippen molar-refractivity contribution in [1.29, 1.82) is 0 Å². The third-order valence-electron chi connectivity index (χ3n) is 2.67. The Balaban J connectivity index is 2.05. The number of halogens is 1. The van der Waals surface area contributed by atoms with Gasteiger partial charge >= 0.3 is 0 Å². The summed E-state index contributed by atoms with van der Waals surface area (Å²) < 4.78 is 12.7. The molecule has 0 bridgehead atoms. The molecule has 1 unspecified atom stereocenters. The molecule has 1 fully saturated rings. The van der Waals surface area contributed by atoms with E-state index in [1.54, 1.807) is 12.1 Å². The van der Waals surface area contributed by atoms with Crippen molar-refractivity contribution in [2.45, 2.75) is 12.1 Å². The second-order valence-corrected chi connectivity index (χ2v) is 3.76. The summed E-state index contributed by atoms with van der Waals surface area (Å²) in [5, 5.41) is 16.4. The third-order valence-corrected chi connectivity index (χ3v) is 2.67. The summed E-state index contributed by atoms with van der Waals surface area (Å²) in [5.74, 6) is -0.277. The number of benzene rings is 1. The molecule has 0 aliphatic carbocycles. The van der Waals surface area contributed by atoms with Crippen LogP contribution in [0, 0.1) is 5.82 Å². The minimum atomic E-state index is -0.585. The van der Waals surface area contributed by atoms with Gasteiger partial charge < -0.3 is 15.7 Å². The summed E-state index contributed by atoms with van der Waals surface area (Å²) >= 11 is 0. The van der Waals surface area contributed by atoms with Crippen molar-refractivity contribution in [3.8, 4) is 0 Å². The molecule has 2 atom stereocenters. The smallest absolute Gasteiger partial charge is 0.123 e. The van der Waals surface area contributed by atoms with Crippen molar-refractivity contribution < 1.29 is 9.50 Å². The van der Waals surface area contributed by atoms with Gasteiger partial charge in [0.15, 0.2) is 0 Å². The maximum absolute atomic E-state index is 12.7. The molecule has 0 amide bonds. The minimum absolute atomic E-state index is 0.00390. The van der Waals surface area contributed by atoms with Gasteiger partial charge in [-0.05, 0) is 17.7 Å². The first-order valence-electron chi connectivity index (χ1n) is 5.15. The van der Waals surface area contributed by atoms with Crippen LogP contribution in [0.4, 0.5) is 4.39 Å². The first kappa shape index (κ1) is 10.5. The second-order valence-electron chi connectivity index (χ2n) is 3.76. The number of piperazine rings is 1. The van der Waals surface area contributed by atoms with Crippen molar-refractivity contribution in [1.82, 2.24) is 10.6 Å². The van der Waals surface area contributed by atoms with E-state index in [1.165, 1.54) is 12.1 Å². The molecule has 0 saturated carbocycles. The molecule has 1 aliphatic rings. The average molecular weight is 210 g/mol. The SMILES string of the molecule is O[C@H](c1ccc(F)cc1)C1CNCCN1. The number of aliphatic hydroxyl groups excluding tert-OH is 1. The molecule has 0 radical (unpaired) electrons. The third kappa shape index (κ3) is 2.53. The fourth-order valence-corrected chi connectivity index (χ4v) is 1.79. The molecule has 82 valence electrons. The fourth-order valence-electron chi connectivity index (χ4n) is 1.79. The van der Waals surface area contributed by atoms with Crippen molar-refractivity contribution in [3.05, 3.63) is 35.6 Å². The van der Waals surface area contributed by atoms with Crippen LogP contribution in [-0.2, 0) is 0 Å². The molecular formula is C11H15FN2O. The van der Waals surface area contributed by atoms with Gasteiger partial charge in [-0.15, -0.1) is 0 Å². The maximum Gasteiger partial charge on any atom is 0.123 e. The molecule has 1 aromatic carbocycles. The van der Waals surface area contributed by atoms with Crippen LogP contribution < -0.4 is 10.6 Å². The van der Waals surface area contributed by atoms with Crippen LogP contribution in [0.2, 0.25) is 0 Å². The molecule has 3 N–H and O–H groups in total. The Bertz CT molecular complexity index is 309. The Morgan fingerprint density at radius 2 is 2.00 bits per heavy atom. The van der Waals surface area contributed by atoms with Crippen LogP contribution >= 0.6 is 0 Å². The zero-order chi connectivity index (χ0) is 10.7. The molecule has 1 saturated heterocycles. The average Bonchev–Trinajstić information content (AvgIpc) is 2.30. The quantitative estimate of drug-likeness (QED) is 0.663. The summed E-state index contributed by atoms with van der Waals surface area (Å²) in [4.78, 5) is 0. The van der Waals surface area contributed by atoms with E-state index in [-0.39, 0.29) is 11.9 Å². The summed E-state index contributed by atoms with van der Waals surface area (Å²) in [6.07, 6.45) is -0.585. The molecule has 0 spiro atoms. The zero-order valence-electron chi connectivity index (χ0n) is 8.41.